The average Bonchev–Trinajstić information content (AvgIpc) is 2.64. The van der Waals surface area contributed by atoms with Crippen LogP contribution in [0.25, 0.3) is 11.0 Å². The molecule has 1 fully saturated rings. The topological polar surface area (TPSA) is 86.0 Å². The summed E-state index contributed by atoms with van der Waals surface area (Å²) >= 11 is 0. The summed E-state index contributed by atoms with van der Waals surface area (Å²) < 4.78 is 15.5. The van der Waals surface area contributed by atoms with E-state index in [1.807, 2.05) is 6.92 Å². The first-order valence-electron chi connectivity index (χ1n) is 8.63. The zero-order valence-corrected chi connectivity index (χ0v) is 14.7. The molecular weight excluding hydrogens is 338 g/mol. The van der Waals surface area contributed by atoms with E-state index in [-0.39, 0.29) is 19.1 Å². The zero-order chi connectivity index (χ0) is 18.5. The Morgan fingerprint density at radius 1 is 1.12 bits per heavy atom. The van der Waals surface area contributed by atoms with E-state index in [0.29, 0.717) is 24.4 Å². The Balaban J connectivity index is 1.52. The van der Waals surface area contributed by atoms with Gasteiger partial charge in [0.1, 0.15) is 11.3 Å². The Labute approximate surface area is 150 Å². The minimum atomic E-state index is -0.624. The quantitative estimate of drug-likeness (QED) is 0.600. The number of carbonyl (C=O) groups is 2. The number of nitrogens with zero attached hydrogens (tertiary/aromatic N) is 1. The SMILES string of the molecule is Cc1cc(=O)oc2cc(OCC(=O)OCC(=O)N3CCCCC3)ccc12. The molecule has 2 aromatic rings. The van der Waals surface area contributed by atoms with Crippen molar-refractivity contribution in [3.63, 3.8) is 0 Å². The molecule has 1 aliphatic heterocycles. The number of hydrogen-bond donors (Lipinski definition) is 0. The van der Waals surface area contributed by atoms with Crippen LogP contribution in [0.1, 0.15) is 24.8 Å². The number of esters is 1. The van der Waals surface area contributed by atoms with E-state index in [1.54, 1.807) is 23.1 Å². The molecule has 0 spiro atoms. The molecule has 1 aromatic heterocycles. The fourth-order valence-electron chi connectivity index (χ4n) is 2.96. The van der Waals surface area contributed by atoms with E-state index in [2.05, 4.69) is 0 Å². The predicted molar refractivity (Wildman–Crippen MR) is 94.1 cm³/mol. The standard InChI is InChI=1S/C19H21NO6/c1-13-9-18(22)26-16-10-14(5-6-15(13)16)24-12-19(23)25-11-17(21)20-7-3-2-4-8-20/h5-6,9-10H,2-4,7-8,11-12H2,1H3. The van der Waals surface area contributed by atoms with Gasteiger partial charge >= 0.3 is 11.6 Å². The van der Waals surface area contributed by atoms with Gasteiger partial charge in [-0.2, -0.15) is 0 Å². The van der Waals surface area contributed by atoms with Crippen LogP contribution in [-0.4, -0.2) is 43.1 Å². The Bertz CT molecular complexity index is 866. The maximum atomic E-state index is 12.0. The van der Waals surface area contributed by atoms with E-state index in [0.717, 1.165) is 30.2 Å². The van der Waals surface area contributed by atoms with Crippen LogP contribution in [0.5, 0.6) is 5.75 Å². The molecule has 7 nitrogen and oxygen atoms in total. The number of aryl methyl sites for hydroxylation is 1. The van der Waals surface area contributed by atoms with Crippen LogP contribution in [0.2, 0.25) is 0 Å². The third kappa shape index (κ3) is 4.41. The zero-order valence-electron chi connectivity index (χ0n) is 14.7. The third-order valence-corrected chi connectivity index (χ3v) is 4.34. The van der Waals surface area contributed by atoms with Gasteiger partial charge in [-0.15, -0.1) is 0 Å². The molecule has 1 saturated heterocycles. The van der Waals surface area contributed by atoms with Gasteiger partial charge in [0.15, 0.2) is 13.2 Å². The van der Waals surface area contributed by atoms with E-state index in [4.69, 9.17) is 13.9 Å². The molecule has 0 unspecified atom stereocenters. The molecular formula is C19H21NO6. The molecule has 26 heavy (non-hydrogen) atoms. The van der Waals surface area contributed by atoms with Crippen molar-refractivity contribution in [3.8, 4) is 5.75 Å². The molecule has 0 radical (unpaired) electrons. The van der Waals surface area contributed by atoms with Crippen molar-refractivity contribution in [1.29, 1.82) is 0 Å². The lowest BCUT2D eigenvalue weighted by Crippen LogP contribution is -2.38. The molecule has 0 atom stereocenters. The number of benzene rings is 1. The lowest BCUT2D eigenvalue weighted by Gasteiger charge is -2.26. The molecule has 138 valence electrons. The van der Waals surface area contributed by atoms with Crippen molar-refractivity contribution < 1.29 is 23.5 Å². The summed E-state index contributed by atoms with van der Waals surface area (Å²) in [5.41, 5.74) is 0.752. The number of rotatable bonds is 5. The van der Waals surface area contributed by atoms with E-state index < -0.39 is 11.6 Å². The first-order valence-corrected chi connectivity index (χ1v) is 8.63. The Morgan fingerprint density at radius 2 is 1.88 bits per heavy atom. The van der Waals surface area contributed by atoms with Crippen molar-refractivity contribution in [2.24, 2.45) is 0 Å². The lowest BCUT2D eigenvalue weighted by molar-refractivity contribution is -0.154. The monoisotopic (exact) mass is 359 g/mol. The number of fused-ring (bicyclic) bond motifs is 1. The van der Waals surface area contributed by atoms with E-state index in [9.17, 15) is 14.4 Å². The number of hydrogen-bond acceptors (Lipinski definition) is 6. The molecule has 1 amide bonds. The third-order valence-electron chi connectivity index (χ3n) is 4.34. The Morgan fingerprint density at radius 3 is 2.65 bits per heavy atom. The number of ether oxygens (including phenoxy) is 2. The first-order chi connectivity index (χ1) is 12.5. The molecule has 0 N–H and O–H groups in total. The van der Waals surface area contributed by atoms with Gasteiger partial charge in [-0.05, 0) is 43.9 Å². The van der Waals surface area contributed by atoms with E-state index in [1.165, 1.54) is 6.07 Å². The first kappa shape index (κ1) is 18.0. The van der Waals surface area contributed by atoms with Gasteiger partial charge in [-0.3, -0.25) is 4.79 Å². The van der Waals surface area contributed by atoms with Gasteiger partial charge in [0.25, 0.3) is 5.91 Å². The lowest BCUT2D eigenvalue weighted by atomic mass is 10.1. The van der Waals surface area contributed by atoms with E-state index >= 15 is 0 Å². The van der Waals surface area contributed by atoms with Crippen molar-refractivity contribution in [1.82, 2.24) is 4.90 Å². The van der Waals surface area contributed by atoms with Crippen LogP contribution < -0.4 is 10.4 Å². The number of likely N-dealkylation sites (tertiary alicyclic amines) is 1. The molecule has 0 aliphatic carbocycles. The molecule has 0 bridgehead atoms. The van der Waals surface area contributed by atoms with Crippen LogP contribution in [0.15, 0.2) is 33.5 Å². The second kappa shape index (κ2) is 8.03. The summed E-state index contributed by atoms with van der Waals surface area (Å²) in [6.07, 6.45) is 3.10. The highest BCUT2D eigenvalue weighted by molar-refractivity contribution is 5.82. The summed E-state index contributed by atoms with van der Waals surface area (Å²) in [5.74, 6) is -0.423. The van der Waals surface area contributed by atoms with Crippen molar-refractivity contribution in [3.05, 3.63) is 40.2 Å². The van der Waals surface area contributed by atoms with Crippen LogP contribution >= 0.6 is 0 Å². The Hall–Kier alpha value is -2.83. The minimum Gasteiger partial charge on any atom is -0.482 e. The molecule has 0 saturated carbocycles. The summed E-state index contributed by atoms with van der Waals surface area (Å²) in [5, 5.41) is 0.798. The highest BCUT2D eigenvalue weighted by atomic mass is 16.6. The number of piperidine rings is 1. The molecule has 3 rings (SSSR count). The fourth-order valence-corrected chi connectivity index (χ4v) is 2.96. The van der Waals surface area contributed by atoms with Gasteiger partial charge in [0.2, 0.25) is 0 Å². The number of amides is 1. The predicted octanol–water partition coefficient (Wildman–Crippen LogP) is 2.04. The average molecular weight is 359 g/mol. The summed E-state index contributed by atoms with van der Waals surface area (Å²) in [6.45, 7) is 2.66. The van der Waals surface area contributed by atoms with Crippen LogP contribution in [0.3, 0.4) is 0 Å². The highest BCUT2D eigenvalue weighted by Crippen LogP contribution is 2.22. The smallest absolute Gasteiger partial charge is 0.344 e. The van der Waals surface area contributed by atoms with Crippen LogP contribution in [0.4, 0.5) is 0 Å². The van der Waals surface area contributed by atoms with Crippen molar-refractivity contribution >= 4 is 22.8 Å². The summed E-state index contributed by atoms with van der Waals surface area (Å²) in [7, 11) is 0. The molecule has 7 heteroatoms. The maximum absolute atomic E-state index is 12.0. The van der Waals surface area contributed by atoms with Crippen molar-refractivity contribution in [2.75, 3.05) is 26.3 Å². The summed E-state index contributed by atoms with van der Waals surface area (Å²) in [4.78, 5) is 36.9. The van der Waals surface area contributed by atoms with Gasteiger partial charge < -0.3 is 18.8 Å². The van der Waals surface area contributed by atoms with Crippen molar-refractivity contribution in [2.45, 2.75) is 26.2 Å². The second-order valence-corrected chi connectivity index (χ2v) is 6.30. The number of carbonyl (C=O) groups excluding carboxylic acids is 2. The highest BCUT2D eigenvalue weighted by Gasteiger charge is 2.18. The molecule has 1 aromatic carbocycles. The normalized spacial score (nSPS) is 14.3. The Kier molecular flexibility index (Phi) is 5.55. The maximum Gasteiger partial charge on any atom is 0.344 e. The minimum absolute atomic E-state index is 0.180. The fraction of sp³-hybridized carbons (Fsp3) is 0.421. The van der Waals surface area contributed by atoms with Crippen LogP contribution in [-0.2, 0) is 14.3 Å². The van der Waals surface area contributed by atoms with Crippen LogP contribution in [0, 0.1) is 6.92 Å². The molecule has 2 heterocycles. The van der Waals surface area contributed by atoms with Gasteiger partial charge in [0, 0.05) is 30.6 Å². The van der Waals surface area contributed by atoms with Gasteiger partial charge in [-0.1, -0.05) is 0 Å². The summed E-state index contributed by atoms with van der Waals surface area (Å²) in [6, 6.07) is 6.41. The van der Waals surface area contributed by atoms with Gasteiger partial charge in [0.05, 0.1) is 0 Å². The largest absolute Gasteiger partial charge is 0.482 e. The second-order valence-electron chi connectivity index (χ2n) is 6.30. The molecule has 1 aliphatic rings. The van der Waals surface area contributed by atoms with Gasteiger partial charge in [-0.25, -0.2) is 9.59 Å².